The third kappa shape index (κ3) is 2.23. The molecule has 17 heavy (non-hydrogen) atoms. The van der Waals surface area contributed by atoms with Crippen molar-refractivity contribution in [3.05, 3.63) is 58.0 Å². The van der Waals surface area contributed by atoms with Gasteiger partial charge >= 0.3 is 0 Å². The van der Waals surface area contributed by atoms with Gasteiger partial charge in [-0.3, -0.25) is 9.36 Å². The van der Waals surface area contributed by atoms with Gasteiger partial charge in [0.2, 0.25) is 0 Å². The summed E-state index contributed by atoms with van der Waals surface area (Å²) >= 11 is 0. The van der Waals surface area contributed by atoms with E-state index in [1.807, 2.05) is 24.3 Å². The molecule has 0 atom stereocenters. The highest BCUT2D eigenvalue weighted by Crippen LogP contribution is 2.14. The third-order valence-electron chi connectivity index (χ3n) is 2.78. The third-order valence-corrected chi connectivity index (χ3v) is 2.78. The molecule has 3 heteroatoms. The van der Waals surface area contributed by atoms with E-state index in [0.29, 0.717) is 0 Å². The highest BCUT2D eigenvalue weighted by Gasteiger charge is 2.05. The van der Waals surface area contributed by atoms with Gasteiger partial charge in [0.25, 0.3) is 5.56 Å². The molecule has 0 saturated carbocycles. The molecule has 3 nitrogen and oxygen atoms in total. The maximum absolute atomic E-state index is 11.9. The topological polar surface area (TPSA) is 42.2 Å². The number of nitrogens with zero attached hydrogens (tertiary/aromatic N) is 1. The maximum Gasteiger partial charge on any atom is 0.258 e. The van der Waals surface area contributed by atoms with Crippen molar-refractivity contribution in [2.75, 3.05) is 0 Å². The zero-order valence-corrected chi connectivity index (χ0v) is 9.97. The fourth-order valence-electron chi connectivity index (χ4n) is 1.93. The molecule has 0 aliphatic heterocycles. The molecular weight excluding hydrogens is 214 g/mol. The average Bonchev–Trinajstić information content (AvgIpc) is 2.28. The molecule has 0 radical (unpaired) electrons. The number of aromatic hydroxyl groups is 1. The second-order valence-electron chi connectivity index (χ2n) is 4.05. The number of hydrogen-bond donors (Lipinski definition) is 1. The van der Waals surface area contributed by atoms with Crippen LogP contribution >= 0.6 is 0 Å². The largest absolute Gasteiger partial charge is 0.508 e. The first-order chi connectivity index (χ1) is 8.11. The van der Waals surface area contributed by atoms with Gasteiger partial charge in [-0.2, -0.15) is 0 Å². The summed E-state index contributed by atoms with van der Waals surface area (Å²) in [4.78, 5) is 11.9. The Bertz CT molecular complexity index is 599. The minimum Gasteiger partial charge on any atom is -0.508 e. The van der Waals surface area contributed by atoms with Gasteiger partial charge in [0.15, 0.2) is 0 Å². The number of pyridine rings is 1. The molecule has 1 heterocycles. The van der Waals surface area contributed by atoms with Crippen molar-refractivity contribution in [3.63, 3.8) is 0 Å². The summed E-state index contributed by atoms with van der Waals surface area (Å²) in [5, 5.41) is 9.35. The maximum atomic E-state index is 11.9. The molecule has 0 saturated heterocycles. The van der Waals surface area contributed by atoms with Crippen molar-refractivity contribution >= 4 is 0 Å². The number of aromatic nitrogens is 1. The number of hydrogen-bond acceptors (Lipinski definition) is 2. The van der Waals surface area contributed by atoms with Gasteiger partial charge in [0, 0.05) is 17.4 Å². The van der Waals surface area contributed by atoms with E-state index in [2.05, 4.69) is 6.92 Å². The Morgan fingerprint density at radius 2 is 2.00 bits per heavy atom. The van der Waals surface area contributed by atoms with Crippen LogP contribution in [0.4, 0.5) is 0 Å². The van der Waals surface area contributed by atoms with E-state index in [1.165, 1.54) is 11.6 Å². The van der Waals surface area contributed by atoms with E-state index in [0.717, 1.165) is 17.8 Å². The molecule has 2 rings (SSSR count). The quantitative estimate of drug-likeness (QED) is 0.859. The second-order valence-corrected chi connectivity index (χ2v) is 4.05. The first-order valence-corrected chi connectivity index (χ1v) is 5.64. The second kappa shape index (κ2) is 4.45. The van der Waals surface area contributed by atoms with Crippen LogP contribution in [0.3, 0.4) is 0 Å². The van der Waals surface area contributed by atoms with Crippen molar-refractivity contribution in [3.8, 4) is 11.4 Å². The molecule has 0 amide bonds. The van der Waals surface area contributed by atoms with Crippen LogP contribution in [-0.2, 0) is 6.42 Å². The molecule has 1 N–H and O–H groups in total. The first-order valence-electron chi connectivity index (χ1n) is 5.64. The van der Waals surface area contributed by atoms with E-state index in [9.17, 15) is 9.90 Å². The van der Waals surface area contributed by atoms with E-state index < -0.39 is 0 Å². The Morgan fingerprint density at radius 1 is 1.24 bits per heavy atom. The van der Waals surface area contributed by atoms with Crippen LogP contribution in [0.5, 0.6) is 5.75 Å². The standard InChI is InChI=1S/C14H15NO2/c1-3-11-5-4-6-12(8-11)15-10(2)7-13(16)9-14(15)17/h4-9,16H,3H2,1-2H3. The lowest BCUT2D eigenvalue weighted by molar-refractivity contribution is 0.472. The SMILES string of the molecule is CCc1cccc(-n2c(C)cc(O)cc2=O)c1. The van der Waals surface area contributed by atoms with Crippen LogP contribution in [0.15, 0.2) is 41.2 Å². The Morgan fingerprint density at radius 3 is 2.65 bits per heavy atom. The van der Waals surface area contributed by atoms with Crippen LogP contribution in [0, 0.1) is 6.92 Å². The first kappa shape index (κ1) is 11.5. The van der Waals surface area contributed by atoms with Crippen LogP contribution in [0.25, 0.3) is 5.69 Å². The zero-order valence-electron chi connectivity index (χ0n) is 9.97. The Labute approximate surface area is 100.0 Å². The van der Waals surface area contributed by atoms with Crippen LogP contribution < -0.4 is 5.56 Å². The summed E-state index contributed by atoms with van der Waals surface area (Å²) in [6, 6.07) is 10.7. The van der Waals surface area contributed by atoms with Crippen molar-refractivity contribution in [2.45, 2.75) is 20.3 Å². The predicted molar refractivity (Wildman–Crippen MR) is 67.8 cm³/mol. The fraction of sp³-hybridized carbons (Fsp3) is 0.214. The number of rotatable bonds is 2. The molecule has 1 aromatic carbocycles. The Hall–Kier alpha value is -2.03. The fourth-order valence-corrected chi connectivity index (χ4v) is 1.93. The summed E-state index contributed by atoms with van der Waals surface area (Å²) in [5.41, 5.74) is 2.53. The van der Waals surface area contributed by atoms with Crippen LogP contribution in [0.1, 0.15) is 18.2 Å². The monoisotopic (exact) mass is 229 g/mol. The highest BCUT2D eigenvalue weighted by molar-refractivity contribution is 5.39. The molecule has 0 spiro atoms. The summed E-state index contributed by atoms with van der Waals surface area (Å²) in [5.74, 6) is 0.00963. The molecule has 88 valence electrons. The lowest BCUT2D eigenvalue weighted by Gasteiger charge is -2.11. The Kier molecular flexibility index (Phi) is 3.00. The molecule has 0 fully saturated rings. The molecule has 0 bridgehead atoms. The smallest absolute Gasteiger partial charge is 0.258 e. The normalized spacial score (nSPS) is 10.5. The zero-order chi connectivity index (χ0) is 12.4. The van der Waals surface area contributed by atoms with Gasteiger partial charge < -0.3 is 5.11 Å². The summed E-state index contributed by atoms with van der Waals surface area (Å²) < 4.78 is 1.60. The lowest BCUT2D eigenvalue weighted by Crippen LogP contribution is -2.19. The highest BCUT2D eigenvalue weighted by atomic mass is 16.3. The number of benzene rings is 1. The average molecular weight is 229 g/mol. The summed E-state index contributed by atoms with van der Waals surface area (Å²) in [7, 11) is 0. The van der Waals surface area contributed by atoms with Crippen LogP contribution in [-0.4, -0.2) is 9.67 Å². The van der Waals surface area contributed by atoms with Gasteiger partial charge in [0.05, 0.1) is 0 Å². The molecule has 0 unspecified atom stereocenters. The molecule has 0 aliphatic rings. The Balaban J connectivity index is 2.64. The molecule has 0 aliphatic carbocycles. The summed E-state index contributed by atoms with van der Waals surface area (Å²) in [6.07, 6.45) is 0.930. The van der Waals surface area contributed by atoms with E-state index in [1.54, 1.807) is 17.6 Å². The lowest BCUT2D eigenvalue weighted by atomic mass is 10.1. The van der Waals surface area contributed by atoms with Gasteiger partial charge in [0.1, 0.15) is 5.75 Å². The summed E-state index contributed by atoms with van der Waals surface area (Å²) in [6.45, 7) is 3.88. The van der Waals surface area contributed by atoms with Gasteiger partial charge in [-0.25, -0.2) is 0 Å². The minimum absolute atomic E-state index is 0.00963. The van der Waals surface area contributed by atoms with Gasteiger partial charge in [-0.1, -0.05) is 19.1 Å². The van der Waals surface area contributed by atoms with Crippen molar-refractivity contribution in [2.24, 2.45) is 0 Å². The molecular formula is C14H15NO2. The van der Waals surface area contributed by atoms with Crippen LogP contribution in [0.2, 0.25) is 0 Å². The van der Waals surface area contributed by atoms with E-state index in [-0.39, 0.29) is 11.3 Å². The van der Waals surface area contributed by atoms with Crippen molar-refractivity contribution < 1.29 is 5.11 Å². The molecule has 1 aromatic heterocycles. The van der Waals surface area contributed by atoms with Crippen molar-refractivity contribution in [1.29, 1.82) is 0 Å². The predicted octanol–water partition coefficient (Wildman–Crippen LogP) is 2.41. The van der Waals surface area contributed by atoms with E-state index >= 15 is 0 Å². The van der Waals surface area contributed by atoms with Crippen molar-refractivity contribution in [1.82, 2.24) is 4.57 Å². The van der Waals surface area contributed by atoms with Gasteiger partial charge in [-0.05, 0) is 37.1 Å². The van der Waals surface area contributed by atoms with Gasteiger partial charge in [-0.15, -0.1) is 0 Å². The number of aryl methyl sites for hydroxylation is 2. The van der Waals surface area contributed by atoms with E-state index in [4.69, 9.17) is 0 Å². The minimum atomic E-state index is -0.212. The molecule has 2 aromatic rings.